The SMILES string of the molecule is COCCN=C(NN)C1CC1c1ccccc1. The maximum atomic E-state index is 5.51. The van der Waals surface area contributed by atoms with Gasteiger partial charge in [0.05, 0.1) is 13.2 Å². The van der Waals surface area contributed by atoms with Gasteiger partial charge in [0.25, 0.3) is 0 Å². The van der Waals surface area contributed by atoms with Crippen LogP contribution in [0.3, 0.4) is 0 Å². The zero-order valence-electron chi connectivity index (χ0n) is 10.1. The molecule has 3 N–H and O–H groups in total. The molecule has 1 aromatic rings. The van der Waals surface area contributed by atoms with Crippen LogP contribution in [-0.4, -0.2) is 26.1 Å². The number of hydrogen-bond donors (Lipinski definition) is 2. The summed E-state index contributed by atoms with van der Waals surface area (Å²) in [7, 11) is 1.68. The van der Waals surface area contributed by atoms with Gasteiger partial charge >= 0.3 is 0 Å². The Labute approximate surface area is 102 Å². The van der Waals surface area contributed by atoms with Crippen LogP contribution in [0.25, 0.3) is 0 Å². The standard InChI is InChI=1S/C13H19N3O/c1-17-8-7-15-13(16-14)12-9-11(12)10-5-3-2-4-6-10/h2-6,11-12H,7-9,14H2,1H3,(H,15,16). The molecule has 4 heteroatoms. The molecule has 0 bridgehead atoms. The minimum absolute atomic E-state index is 0.444. The fraction of sp³-hybridized carbons (Fsp3) is 0.462. The number of hydrazine groups is 1. The second-order valence-corrected chi connectivity index (χ2v) is 4.26. The number of nitrogens with one attached hydrogen (secondary N) is 1. The van der Waals surface area contributed by atoms with Crippen molar-refractivity contribution < 1.29 is 4.74 Å². The summed E-state index contributed by atoms with van der Waals surface area (Å²) in [5.74, 6) is 7.42. The van der Waals surface area contributed by atoms with Crippen molar-refractivity contribution in [1.82, 2.24) is 5.43 Å². The van der Waals surface area contributed by atoms with Crippen molar-refractivity contribution in [3.8, 4) is 0 Å². The molecule has 4 nitrogen and oxygen atoms in total. The molecule has 1 aliphatic rings. The molecule has 2 unspecified atom stereocenters. The maximum Gasteiger partial charge on any atom is 0.114 e. The first-order valence-electron chi connectivity index (χ1n) is 5.91. The largest absolute Gasteiger partial charge is 0.383 e. The van der Waals surface area contributed by atoms with E-state index >= 15 is 0 Å². The van der Waals surface area contributed by atoms with Crippen molar-refractivity contribution in [3.05, 3.63) is 35.9 Å². The summed E-state index contributed by atoms with van der Waals surface area (Å²) >= 11 is 0. The molecular weight excluding hydrogens is 214 g/mol. The van der Waals surface area contributed by atoms with Crippen molar-refractivity contribution in [1.29, 1.82) is 0 Å². The van der Waals surface area contributed by atoms with E-state index in [1.165, 1.54) is 5.56 Å². The van der Waals surface area contributed by atoms with E-state index in [2.05, 4.69) is 34.7 Å². The fourth-order valence-corrected chi connectivity index (χ4v) is 2.09. The molecule has 0 saturated heterocycles. The Hall–Kier alpha value is -1.39. The van der Waals surface area contributed by atoms with Gasteiger partial charge in [-0.2, -0.15) is 0 Å². The highest BCUT2D eigenvalue weighted by atomic mass is 16.5. The summed E-state index contributed by atoms with van der Waals surface area (Å²) in [6, 6.07) is 10.5. The molecule has 0 amide bonds. The van der Waals surface area contributed by atoms with E-state index in [0.717, 1.165) is 12.3 Å². The lowest BCUT2D eigenvalue weighted by Gasteiger charge is -2.05. The van der Waals surface area contributed by atoms with Crippen LogP contribution in [0.1, 0.15) is 17.9 Å². The Bertz CT molecular complexity index is 378. The Morgan fingerprint density at radius 1 is 1.47 bits per heavy atom. The molecule has 2 atom stereocenters. The third-order valence-corrected chi connectivity index (χ3v) is 3.09. The highest BCUT2D eigenvalue weighted by Gasteiger charge is 2.41. The molecule has 2 rings (SSSR count). The molecule has 1 fully saturated rings. The van der Waals surface area contributed by atoms with Crippen LogP contribution in [0.4, 0.5) is 0 Å². The molecule has 0 aliphatic heterocycles. The zero-order chi connectivity index (χ0) is 12.1. The minimum atomic E-state index is 0.444. The third-order valence-electron chi connectivity index (χ3n) is 3.09. The van der Waals surface area contributed by atoms with Crippen LogP contribution in [0, 0.1) is 5.92 Å². The minimum Gasteiger partial charge on any atom is -0.383 e. The average molecular weight is 233 g/mol. The lowest BCUT2D eigenvalue weighted by Crippen LogP contribution is -2.32. The van der Waals surface area contributed by atoms with Crippen LogP contribution in [0.15, 0.2) is 35.3 Å². The highest BCUT2D eigenvalue weighted by molar-refractivity contribution is 5.87. The number of aliphatic imine (C=N–C) groups is 1. The van der Waals surface area contributed by atoms with E-state index in [1.54, 1.807) is 7.11 Å². The number of ether oxygens (including phenoxy) is 1. The zero-order valence-corrected chi connectivity index (χ0v) is 10.1. The Balaban J connectivity index is 1.94. The van der Waals surface area contributed by atoms with E-state index in [4.69, 9.17) is 10.6 Å². The number of nitrogens with zero attached hydrogens (tertiary/aromatic N) is 1. The first-order chi connectivity index (χ1) is 8.36. The molecule has 92 valence electrons. The van der Waals surface area contributed by atoms with Gasteiger partial charge in [-0.25, -0.2) is 5.84 Å². The van der Waals surface area contributed by atoms with Crippen molar-refractivity contribution in [2.24, 2.45) is 16.8 Å². The summed E-state index contributed by atoms with van der Waals surface area (Å²) in [5, 5.41) is 0. The van der Waals surface area contributed by atoms with Gasteiger partial charge in [0.2, 0.25) is 0 Å². The predicted molar refractivity (Wildman–Crippen MR) is 68.8 cm³/mol. The van der Waals surface area contributed by atoms with Crippen molar-refractivity contribution in [2.45, 2.75) is 12.3 Å². The topological polar surface area (TPSA) is 59.6 Å². The van der Waals surface area contributed by atoms with Gasteiger partial charge in [0.15, 0.2) is 0 Å². The Morgan fingerprint density at radius 3 is 2.88 bits per heavy atom. The second kappa shape index (κ2) is 5.80. The van der Waals surface area contributed by atoms with E-state index in [9.17, 15) is 0 Å². The van der Waals surface area contributed by atoms with E-state index in [0.29, 0.717) is 25.0 Å². The lowest BCUT2D eigenvalue weighted by atomic mass is 10.1. The summed E-state index contributed by atoms with van der Waals surface area (Å²) in [6.45, 7) is 1.29. The molecule has 1 saturated carbocycles. The summed E-state index contributed by atoms with van der Waals surface area (Å²) < 4.78 is 4.97. The van der Waals surface area contributed by atoms with Crippen LogP contribution >= 0.6 is 0 Å². The maximum absolute atomic E-state index is 5.51. The van der Waals surface area contributed by atoms with Crippen LogP contribution in [0.2, 0.25) is 0 Å². The quantitative estimate of drug-likeness (QED) is 0.265. The molecule has 0 radical (unpaired) electrons. The molecule has 0 spiro atoms. The first kappa shape index (κ1) is 12.1. The molecular formula is C13H19N3O. The Kier molecular flexibility index (Phi) is 4.12. The third kappa shape index (κ3) is 3.05. The van der Waals surface area contributed by atoms with Crippen LogP contribution in [-0.2, 0) is 4.74 Å². The van der Waals surface area contributed by atoms with Crippen LogP contribution < -0.4 is 11.3 Å². The van der Waals surface area contributed by atoms with Gasteiger partial charge in [-0.3, -0.25) is 4.99 Å². The number of amidine groups is 1. The number of methoxy groups -OCH3 is 1. The van der Waals surface area contributed by atoms with Crippen LogP contribution in [0.5, 0.6) is 0 Å². The van der Waals surface area contributed by atoms with Gasteiger partial charge in [-0.15, -0.1) is 0 Å². The molecule has 0 heterocycles. The number of hydrogen-bond acceptors (Lipinski definition) is 3. The number of nitrogens with two attached hydrogens (primary N) is 1. The Morgan fingerprint density at radius 2 is 2.24 bits per heavy atom. The van der Waals surface area contributed by atoms with Gasteiger partial charge in [-0.05, 0) is 17.9 Å². The number of benzene rings is 1. The lowest BCUT2D eigenvalue weighted by molar-refractivity contribution is 0.208. The summed E-state index contributed by atoms with van der Waals surface area (Å²) in [5.41, 5.74) is 4.08. The predicted octanol–water partition coefficient (Wildman–Crippen LogP) is 1.30. The van der Waals surface area contributed by atoms with Crippen molar-refractivity contribution in [2.75, 3.05) is 20.3 Å². The second-order valence-electron chi connectivity index (χ2n) is 4.26. The first-order valence-corrected chi connectivity index (χ1v) is 5.91. The van der Waals surface area contributed by atoms with Crippen molar-refractivity contribution >= 4 is 5.84 Å². The van der Waals surface area contributed by atoms with Crippen molar-refractivity contribution in [3.63, 3.8) is 0 Å². The molecule has 1 aliphatic carbocycles. The van der Waals surface area contributed by atoms with Gasteiger partial charge in [-0.1, -0.05) is 30.3 Å². The molecule has 1 aromatic carbocycles. The fourth-order valence-electron chi connectivity index (χ4n) is 2.09. The molecule has 17 heavy (non-hydrogen) atoms. The number of rotatable bonds is 5. The van der Waals surface area contributed by atoms with Gasteiger partial charge in [0, 0.05) is 13.0 Å². The normalized spacial score (nSPS) is 23.5. The average Bonchev–Trinajstić information content (AvgIpc) is 3.16. The van der Waals surface area contributed by atoms with Gasteiger partial charge in [0.1, 0.15) is 5.84 Å². The van der Waals surface area contributed by atoms with Gasteiger partial charge < -0.3 is 10.2 Å². The molecule has 0 aromatic heterocycles. The summed E-state index contributed by atoms with van der Waals surface area (Å²) in [4.78, 5) is 4.43. The van der Waals surface area contributed by atoms with E-state index < -0.39 is 0 Å². The summed E-state index contributed by atoms with van der Waals surface area (Å²) in [6.07, 6.45) is 1.13. The monoisotopic (exact) mass is 233 g/mol. The van der Waals surface area contributed by atoms with E-state index in [1.807, 2.05) is 6.07 Å². The smallest absolute Gasteiger partial charge is 0.114 e. The van der Waals surface area contributed by atoms with E-state index in [-0.39, 0.29) is 0 Å². The highest BCUT2D eigenvalue weighted by Crippen LogP contribution is 2.47.